The molecule has 270 valence electrons. The second-order valence-electron chi connectivity index (χ2n) is 13.1. The molecular formula is C40H48N4O7. The van der Waals surface area contributed by atoms with E-state index >= 15 is 0 Å². The number of nitrogen functional groups attached to an aromatic ring is 1. The lowest BCUT2D eigenvalue weighted by Crippen LogP contribution is -2.39. The highest BCUT2D eigenvalue weighted by atomic mass is 16.7. The summed E-state index contributed by atoms with van der Waals surface area (Å²) in [5, 5.41) is 36.0. The van der Waals surface area contributed by atoms with Crippen LogP contribution in [0.4, 0.5) is 17.1 Å². The Morgan fingerprint density at radius 1 is 0.863 bits per heavy atom. The van der Waals surface area contributed by atoms with E-state index < -0.39 is 12.4 Å². The van der Waals surface area contributed by atoms with Gasteiger partial charge in [0.05, 0.1) is 36.3 Å². The first-order valence-electron chi connectivity index (χ1n) is 17.4. The smallest absolute Gasteiger partial charge is 0.224 e. The molecular weight excluding hydrogens is 648 g/mol. The molecule has 0 spiro atoms. The van der Waals surface area contributed by atoms with Crippen molar-refractivity contribution in [3.63, 3.8) is 0 Å². The first-order chi connectivity index (χ1) is 24.7. The molecule has 4 aromatic rings. The van der Waals surface area contributed by atoms with Crippen LogP contribution in [0.5, 0.6) is 5.75 Å². The molecule has 7 N–H and O–H groups in total. The van der Waals surface area contributed by atoms with E-state index in [1.165, 1.54) is 0 Å². The van der Waals surface area contributed by atoms with Crippen molar-refractivity contribution in [1.82, 2.24) is 4.90 Å². The van der Waals surface area contributed by atoms with Gasteiger partial charge >= 0.3 is 0 Å². The lowest BCUT2D eigenvalue weighted by Gasteiger charge is -2.38. The molecule has 1 aliphatic rings. The van der Waals surface area contributed by atoms with Gasteiger partial charge in [-0.1, -0.05) is 67.1 Å². The third kappa shape index (κ3) is 11.4. The van der Waals surface area contributed by atoms with Crippen molar-refractivity contribution >= 4 is 28.9 Å². The Kier molecular flexibility index (Phi) is 13.6. The third-order valence-corrected chi connectivity index (χ3v) is 8.85. The number of benzene rings is 4. The average molecular weight is 697 g/mol. The van der Waals surface area contributed by atoms with Crippen LogP contribution in [0, 0.1) is 0 Å². The summed E-state index contributed by atoms with van der Waals surface area (Å²) in [4.78, 5) is 27.1. The van der Waals surface area contributed by atoms with Gasteiger partial charge in [0.1, 0.15) is 5.75 Å². The largest absolute Gasteiger partial charge is 0.508 e. The highest BCUT2D eigenvalue weighted by Gasteiger charge is 2.33. The van der Waals surface area contributed by atoms with Gasteiger partial charge in [-0.25, -0.2) is 0 Å². The number of nitrogens with one attached hydrogen (secondary N) is 2. The summed E-state index contributed by atoms with van der Waals surface area (Å²) >= 11 is 0. The molecule has 5 rings (SSSR count). The van der Waals surface area contributed by atoms with E-state index in [1.807, 2.05) is 72.6 Å². The lowest BCUT2D eigenvalue weighted by molar-refractivity contribution is -0.252. The van der Waals surface area contributed by atoms with E-state index in [4.69, 9.17) is 15.2 Å². The van der Waals surface area contributed by atoms with Crippen LogP contribution in [0.15, 0.2) is 97.1 Å². The Labute approximate surface area is 299 Å². The summed E-state index contributed by atoms with van der Waals surface area (Å²) in [5.41, 5.74) is 10.8. The fourth-order valence-corrected chi connectivity index (χ4v) is 6.15. The lowest BCUT2D eigenvalue weighted by atomic mass is 9.99. The number of anilines is 3. The second-order valence-corrected chi connectivity index (χ2v) is 13.1. The first-order valence-corrected chi connectivity index (χ1v) is 17.4. The van der Waals surface area contributed by atoms with Crippen LogP contribution in [0.1, 0.15) is 79.3 Å². The van der Waals surface area contributed by atoms with Crippen molar-refractivity contribution < 1.29 is 34.4 Å². The molecule has 1 heterocycles. The van der Waals surface area contributed by atoms with Crippen molar-refractivity contribution in [3.05, 3.63) is 119 Å². The van der Waals surface area contributed by atoms with Crippen LogP contribution in [0.25, 0.3) is 0 Å². The number of phenolic OH excluding ortho intramolecular Hbond substituents is 1. The summed E-state index contributed by atoms with van der Waals surface area (Å²) in [6.45, 7) is 0.800. The SMILES string of the molecule is CN(C[C@@H]1C[C@H](c2ccc(CO)cc2)O[C@H](c2cccc(NC(=O)CCCCCC(=O)Nc3ccccc3N)c2)O1)C[C@@H](O)c1cccc(O)c1. The standard InChI is InChI=1S/C40H48N4O7/c1-44(25-36(47)29-9-8-12-32(46)22-29)24-33-23-37(28-19-17-27(26-45)18-20-28)51-40(50-33)30-10-7-11-31(21-30)42-38(48)15-3-2-4-16-39(49)43-35-14-6-5-13-34(35)41/h5-14,17-22,33,36-37,40,45-47H,2-4,15-16,23-26,41H2,1H3,(H,42,48)(H,43,49)/t33-,36+,37+,40+/m0/s1. The number of para-hydroxylation sites is 2. The van der Waals surface area contributed by atoms with E-state index in [9.17, 15) is 24.9 Å². The van der Waals surface area contributed by atoms with Crippen LogP contribution in [0.3, 0.4) is 0 Å². The molecule has 4 atom stereocenters. The quantitative estimate of drug-likeness (QED) is 0.0590. The van der Waals surface area contributed by atoms with Crippen molar-refractivity contribution in [2.24, 2.45) is 0 Å². The van der Waals surface area contributed by atoms with Gasteiger partial charge in [-0.15, -0.1) is 0 Å². The minimum Gasteiger partial charge on any atom is -0.508 e. The van der Waals surface area contributed by atoms with Gasteiger partial charge in [-0.3, -0.25) is 9.59 Å². The minimum atomic E-state index is -0.793. The number of rotatable bonds is 16. The monoisotopic (exact) mass is 696 g/mol. The van der Waals surface area contributed by atoms with Crippen molar-refractivity contribution in [2.75, 3.05) is 36.5 Å². The minimum absolute atomic E-state index is 0.0488. The molecule has 0 radical (unpaired) electrons. The number of likely N-dealkylation sites (N-methyl/N-ethyl adjacent to an activating group) is 1. The topological polar surface area (TPSA) is 167 Å². The van der Waals surface area contributed by atoms with Crippen LogP contribution >= 0.6 is 0 Å². The first kappa shape index (κ1) is 37.5. The normalized spacial score (nSPS) is 17.9. The highest BCUT2D eigenvalue weighted by molar-refractivity contribution is 5.93. The van der Waals surface area contributed by atoms with Gasteiger partial charge < -0.3 is 46.1 Å². The Morgan fingerprint density at radius 2 is 1.59 bits per heavy atom. The number of aliphatic hydroxyl groups excluding tert-OH is 2. The molecule has 0 aromatic heterocycles. The Hall–Kier alpha value is -4.78. The Bertz CT molecular complexity index is 1730. The van der Waals surface area contributed by atoms with Crippen molar-refractivity contribution in [2.45, 2.75) is 69.7 Å². The zero-order chi connectivity index (χ0) is 36.2. The average Bonchev–Trinajstić information content (AvgIpc) is 3.12. The molecule has 11 heteroatoms. The number of amides is 2. The maximum Gasteiger partial charge on any atom is 0.224 e. The number of unbranched alkanes of at least 4 members (excludes halogenated alkanes) is 2. The van der Waals surface area contributed by atoms with E-state index in [2.05, 4.69) is 10.6 Å². The van der Waals surface area contributed by atoms with Crippen LogP contribution in [0.2, 0.25) is 0 Å². The number of carbonyl (C=O) groups is 2. The maximum atomic E-state index is 12.8. The molecule has 1 aliphatic heterocycles. The summed E-state index contributed by atoms with van der Waals surface area (Å²) < 4.78 is 13.0. The number of nitrogens with two attached hydrogens (primary N) is 1. The van der Waals surface area contributed by atoms with Gasteiger partial charge in [0, 0.05) is 43.6 Å². The fourth-order valence-electron chi connectivity index (χ4n) is 6.15. The zero-order valence-electron chi connectivity index (χ0n) is 28.9. The molecule has 1 saturated heterocycles. The molecule has 4 aromatic carbocycles. The summed E-state index contributed by atoms with van der Waals surface area (Å²) in [6, 6.07) is 28.8. The number of aromatic hydroxyl groups is 1. The number of carbonyl (C=O) groups excluding carboxylic acids is 2. The Morgan fingerprint density at radius 3 is 2.31 bits per heavy atom. The second kappa shape index (κ2) is 18.5. The predicted octanol–water partition coefficient (Wildman–Crippen LogP) is 6.21. The maximum absolute atomic E-state index is 12.8. The van der Waals surface area contributed by atoms with Gasteiger partial charge in [0.15, 0.2) is 6.29 Å². The van der Waals surface area contributed by atoms with Gasteiger partial charge in [0.25, 0.3) is 0 Å². The number of phenols is 1. The molecule has 51 heavy (non-hydrogen) atoms. The summed E-state index contributed by atoms with van der Waals surface area (Å²) in [7, 11) is 1.91. The van der Waals surface area contributed by atoms with Crippen LogP contribution in [-0.2, 0) is 25.7 Å². The highest BCUT2D eigenvalue weighted by Crippen LogP contribution is 2.39. The van der Waals surface area contributed by atoms with E-state index in [1.54, 1.807) is 36.4 Å². The van der Waals surface area contributed by atoms with Gasteiger partial charge in [0.2, 0.25) is 11.8 Å². The molecule has 0 unspecified atom stereocenters. The fraction of sp³-hybridized carbons (Fsp3) is 0.350. The van der Waals surface area contributed by atoms with Crippen LogP contribution < -0.4 is 16.4 Å². The molecule has 0 saturated carbocycles. The van der Waals surface area contributed by atoms with Crippen molar-refractivity contribution in [1.29, 1.82) is 0 Å². The van der Waals surface area contributed by atoms with E-state index in [-0.39, 0.29) is 36.4 Å². The molecule has 0 bridgehead atoms. The number of nitrogens with zero attached hydrogens (tertiary/aromatic N) is 1. The third-order valence-electron chi connectivity index (χ3n) is 8.85. The summed E-state index contributed by atoms with van der Waals surface area (Å²) in [6.07, 6.45) is 1.22. The number of aliphatic hydroxyl groups is 2. The van der Waals surface area contributed by atoms with Gasteiger partial charge in [-0.2, -0.15) is 0 Å². The number of hydrogen-bond donors (Lipinski definition) is 6. The number of hydrogen-bond acceptors (Lipinski definition) is 9. The Balaban J connectivity index is 1.16. The van der Waals surface area contributed by atoms with Crippen LogP contribution in [-0.4, -0.2) is 58.3 Å². The molecule has 1 fully saturated rings. The van der Waals surface area contributed by atoms with Crippen molar-refractivity contribution in [3.8, 4) is 5.75 Å². The number of ether oxygens (including phenoxy) is 2. The molecule has 0 aliphatic carbocycles. The van der Waals surface area contributed by atoms with E-state index in [0.717, 1.165) is 23.1 Å². The van der Waals surface area contributed by atoms with Gasteiger partial charge in [-0.05, 0) is 73.0 Å². The predicted molar refractivity (Wildman–Crippen MR) is 197 cm³/mol. The summed E-state index contributed by atoms with van der Waals surface area (Å²) in [5.74, 6) is -0.123. The molecule has 11 nitrogen and oxygen atoms in total. The molecule has 2 amide bonds. The zero-order valence-corrected chi connectivity index (χ0v) is 28.9. The van der Waals surface area contributed by atoms with E-state index in [0.29, 0.717) is 67.8 Å².